The van der Waals surface area contributed by atoms with Crippen LogP contribution in [0.4, 0.5) is 0 Å². The van der Waals surface area contributed by atoms with Crippen molar-refractivity contribution in [3.05, 3.63) is 24.3 Å². The van der Waals surface area contributed by atoms with Crippen LogP contribution in [0.25, 0.3) is 11.0 Å². The number of pyridine rings is 1. The summed E-state index contributed by atoms with van der Waals surface area (Å²) in [5, 5.41) is 0. The van der Waals surface area contributed by atoms with Crippen molar-refractivity contribution in [2.75, 3.05) is 0 Å². The summed E-state index contributed by atoms with van der Waals surface area (Å²) in [6.45, 7) is 5.29. The van der Waals surface area contributed by atoms with E-state index in [2.05, 4.69) is 28.4 Å². The van der Waals surface area contributed by atoms with Crippen molar-refractivity contribution < 1.29 is 0 Å². The van der Waals surface area contributed by atoms with Crippen molar-refractivity contribution in [2.24, 2.45) is 0 Å². The molecule has 2 aromatic heterocycles. The van der Waals surface area contributed by atoms with Gasteiger partial charge in [-0.2, -0.15) is 0 Å². The molecule has 2 rings (SSSR count). The molecule has 0 spiro atoms. The largest absolute Gasteiger partial charge is 0.327 e. The molecule has 0 aromatic carbocycles. The zero-order chi connectivity index (χ0) is 9.97. The summed E-state index contributed by atoms with van der Waals surface area (Å²) in [6.07, 6.45) is 5.87. The highest BCUT2D eigenvalue weighted by Gasteiger charge is 2.07. The number of hydrogen-bond donors (Lipinski definition) is 0. The molecule has 0 saturated carbocycles. The Morgan fingerprint density at radius 2 is 2.21 bits per heavy atom. The minimum atomic E-state index is 0.970. The van der Waals surface area contributed by atoms with E-state index in [1.165, 1.54) is 5.82 Å². The van der Waals surface area contributed by atoms with E-state index in [1.54, 1.807) is 6.20 Å². The first-order chi connectivity index (χ1) is 6.86. The molecule has 0 aliphatic heterocycles. The quantitative estimate of drug-likeness (QED) is 0.742. The molecule has 14 heavy (non-hydrogen) atoms. The van der Waals surface area contributed by atoms with Gasteiger partial charge < -0.3 is 4.57 Å². The van der Waals surface area contributed by atoms with Gasteiger partial charge in [-0.05, 0) is 19.4 Å². The van der Waals surface area contributed by atoms with E-state index >= 15 is 0 Å². The molecule has 0 bridgehead atoms. The van der Waals surface area contributed by atoms with Gasteiger partial charge in [0.1, 0.15) is 5.82 Å². The molecular formula is C11H15N3. The lowest BCUT2D eigenvalue weighted by Gasteiger charge is -2.03. The van der Waals surface area contributed by atoms with E-state index in [1.807, 2.05) is 12.3 Å². The zero-order valence-electron chi connectivity index (χ0n) is 8.70. The van der Waals surface area contributed by atoms with Crippen LogP contribution >= 0.6 is 0 Å². The maximum Gasteiger partial charge on any atom is 0.109 e. The number of imidazole rings is 1. The van der Waals surface area contributed by atoms with Gasteiger partial charge in [-0.15, -0.1) is 0 Å². The van der Waals surface area contributed by atoms with Gasteiger partial charge in [0.2, 0.25) is 0 Å². The van der Waals surface area contributed by atoms with Crippen LogP contribution < -0.4 is 0 Å². The predicted molar refractivity (Wildman–Crippen MR) is 57.2 cm³/mol. The van der Waals surface area contributed by atoms with Gasteiger partial charge in [0, 0.05) is 19.2 Å². The summed E-state index contributed by atoms with van der Waals surface area (Å²) in [4.78, 5) is 8.73. The Morgan fingerprint density at radius 3 is 2.93 bits per heavy atom. The lowest BCUT2D eigenvalue weighted by atomic mass is 10.3. The third-order valence-corrected chi connectivity index (χ3v) is 2.42. The van der Waals surface area contributed by atoms with E-state index in [0.29, 0.717) is 0 Å². The standard InChI is InChI=1S/C11H15N3/c1-3-5-11-13-9-6-7-12-8-10(9)14(11)4-2/h6-8H,3-5H2,1-2H3. The zero-order valence-corrected chi connectivity index (χ0v) is 8.70. The highest BCUT2D eigenvalue weighted by Crippen LogP contribution is 2.15. The topological polar surface area (TPSA) is 30.7 Å². The van der Waals surface area contributed by atoms with Gasteiger partial charge in [-0.1, -0.05) is 6.92 Å². The average Bonchev–Trinajstić information content (AvgIpc) is 2.55. The van der Waals surface area contributed by atoms with Crippen molar-refractivity contribution in [3.8, 4) is 0 Å². The Labute approximate surface area is 83.8 Å². The molecule has 0 aliphatic rings. The fourth-order valence-corrected chi connectivity index (χ4v) is 1.79. The van der Waals surface area contributed by atoms with E-state index in [-0.39, 0.29) is 0 Å². The lowest BCUT2D eigenvalue weighted by Crippen LogP contribution is -2.01. The number of nitrogens with zero attached hydrogens (tertiary/aromatic N) is 3. The number of fused-ring (bicyclic) bond motifs is 1. The molecule has 0 unspecified atom stereocenters. The van der Waals surface area contributed by atoms with Gasteiger partial charge in [0.05, 0.1) is 17.2 Å². The van der Waals surface area contributed by atoms with Crippen LogP contribution in [-0.2, 0) is 13.0 Å². The number of aryl methyl sites for hydroxylation is 2. The van der Waals surface area contributed by atoms with Crippen molar-refractivity contribution >= 4 is 11.0 Å². The van der Waals surface area contributed by atoms with Crippen LogP contribution in [0.15, 0.2) is 18.5 Å². The fourth-order valence-electron chi connectivity index (χ4n) is 1.79. The van der Waals surface area contributed by atoms with Gasteiger partial charge in [-0.3, -0.25) is 4.98 Å². The molecule has 74 valence electrons. The Morgan fingerprint density at radius 1 is 1.36 bits per heavy atom. The summed E-state index contributed by atoms with van der Waals surface area (Å²) < 4.78 is 2.24. The molecule has 0 N–H and O–H groups in total. The van der Waals surface area contributed by atoms with Crippen LogP contribution in [0.5, 0.6) is 0 Å². The lowest BCUT2D eigenvalue weighted by molar-refractivity contribution is 0.700. The highest BCUT2D eigenvalue weighted by atomic mass is 15.1. The summed E-state index contributed by atoms with van der Waals surface area (Å²) >= 11 is 0. The molecule has 0 atom stereocenters. The minimum absolute atomic E-state index is 0.970. The van der Waals surface area contributed by atoms with Gasteiger partial charge >= 0.3 is 0 Å². The molecule has 0 saturated heterocycles. The second kappa shape index (κ2) is 3.78. The monoisotopic (exact) mass is 189 g/mol. The molecule has 0 radical (unpaired) electrons. The van der Waals surface area contributed by atoms with Crippen LogP contribution in [0.3, 0.4) is 0 Å². The molecule has 3 heteroatoms. The first kappa shape index (κ1) is 9.19. The Bertz CT molecular complexity index is 431. The van der Waals surface area contributed by atoms with E-state index in [9.17, 15) is 0 Å². The van der Waals surface area contributed by atoms with Crippen molar-refractivity contribution in [2.45, 2.75) is 33.2 Å². The fraction of sp³-hybridized carbons (Fsp3) is 0.455. The van der Waals surface area contributed by atoms with Gasteiger partial charge in [0.15, 0.2) is 0 Å². The van der Waals surface area contributed by atoms with E-state index in [4.69, 9.17) is 0 Å². The Kier molecular flexibility index (Phi) is 2.48. The summed E-state index contributed by atoms with van der Waals surface area (Å²) in [5.74, 6) is 1.18. The third kappa shape index (κ3) is 1.39. The summed E-state index contributed by atoms with van der Waals surface area (Å²) in [7, 11) is 0. The maximum absolute atomic E-state index is 4.60. The van der Waals surface area contributed by atoms with Crippen LogP contribution in [0.2, 0.25) is 0 Å². The van der Waals surface area contributed by atoms with E-state index in [0.717, 1.165) is 30.4 Å². The van der Waals surface area contributed by atoms with Crippen LogP contribution in [-0.4, -0.2) is 14.5 Å². The number of hydrogen-bond acceptors (Lipinski definition) is 2. The van der Waals surface area contributed by atoms with Crippen molar-refractivity contribution in [3.63, 3.8) is 0 Å². The molecule has 3 nitrogen and oxygen atoms in total. The molecule has 0 amide bonds. The smallest absolute Gasteiger partial charge is 0.109 e. The second-order valence-electron chi connectivity index (χ2n) is 3.39. The number of rotatable bonds is 3. The Hall–Kier alpha value is -1.38. The SMILES string of the molecule is CCCc1nc2ccncc2n1CC. The van der Waals surface area contributed by atoms with Crippen molar-refractivity contribution in [1.29, 1.82) is 0 Å². The first-order valence-corrected chi connectivity index (χ1v) is 5.16. The highest BCUT2D eigenvalue weighted by molar-refractivity contribution is 5.74. The van der Waals surface area contributed by atoms with Gasteiger partial charge in [-0.25, -0.2) is 4.98 Å². The molecule has 2 heterocycles. The average molecular weight is 189 g/mol. The minimum Gasteiger partial charge on any atom is -0.327 e. The van der Waals surface area contributed by atoms with E-state index < -0.39 is 0 Å². The van der Waals surface area contributed by atoms with Crippen molar-refractivity contribution in [1.82, 2.24) is 14.5 Å². The Balaban J connectivity index is 2.60. The van der Waals surface area contributed by atoms with Crippen LogP contribution in [0.1, 0.15) is 26.1 Å². The summed E-state index contributed by atoms with van der Waals surface area (Å²) in [6, 6.07) is 1.97. The predicted octanol–water partition coefficient (Wildman–Crippen LogP) is 2.40. The second-order valence-corrected chi connectivity index (χ2v) is 3.39. The molecule has 0 aliphatic carbocycles. The normalized spacial score (nSPS) is 11.0. The third-order valence-electron chi connectivity index (χ3n) is 2.42. The molecule has 0 fully saturated rings. The maximum atomic E-state index is 4.60. The number of aromatic nitrogens is 3. The summed E-state index contributed by atoms with van der Waals surface area (Å²) in [5.41, 5.74) is 2.21. The molecule has 2 aromatic rings. The van der Waals surface area contributed by atoms with Gasteiger partial charge in [0.25, 0.3) is 0 Å². The molecular weight excluding hydrogens is 174 g/mol. The van der Waals surface area contributed by atoms with Crippen LogP contribution in [0, 0.1) is 0 Å². The first-order valence-electron chi connectivity index (χ1n) is 5.16.